The lowest BCUT2D eigenvalue weighted by Gasteiger charge is -2.05. The highest BCUT2D eigenvalue weighted by Gasteiger charge is 2.27. The molecule has 0 atom stereocenters. The van der Waals surface area contributed by atoms with Crippen LogP contribution in [0.2, 0.25) is 0 Å². The number of rotatable bonds is 3. The number of carbonyl (C=O) groups is 1. The summed E-state index contributed by atoms with van der Waals surface area (Å²) in [6.07, 6.45) is 4.42. The summed E-state index contributed by atoms with van der Waals surface area (Å²) in [7, 11) is 1.79. The van der Waals surface area contributed by atoms with Gasteiger partial charge in [0, 0.05) is 30.6 Å². The zero-order valence-corrected chi connectivity index (χ0v) is 13.2. The number of aryl methyl sites for hydroxylation is 1. The van der Waals surface area contributed by atoms with E-state index < -0.39 is 0 Å². The van der Waals surface area contributed by atoms with E-state index in [4.69, 9.17) is 0 Å². The van der Waals surface area contributed by atoms with E-state index in [1.165, 1.54) is 12.1 Å². The Morgan fingerprint density at radius 3 is 2.67 bits per heavy atom. The zero-order valence-electron chi connectivity index (χ0n) is 13.2. The molecule has 2 heterocycles. The van der Waals surface area contributed by atoms with E-state index in [2.05, 4.69) is 15.5 Å². The van der Waals surface area contributed by atoms with E-state index in [1.807, 2.05) is 0 Å². The van der Waals surface area contributed by atoms with Gasteiger partial charge in [0.25, 0.3) is 5.91 Å². The number of amides is 1. The Morgan fingerprint density at radius 2 is 1.96 bits per heavy atom. The smallest absolute Gasteiger partial charge is 0.277 e. The Labute approximate surface area is 137 Å². The number of anilines is 1. The summed E-state index contributed by atoms with van der Waals surface area (Å²) in [5.74, 6) is -0.0750. The predicted octanol–water partition coefficient (Wildman–Crippen LogP) is 2.49. The minimum atomic E-state index is -0.296. The van der Waals surface area contributed by atoms with Crippen LogP contribution < -0.4 is 5.32 Å². The van der Waals surface area contributed by atoms with Crippen molar-refractivity contribution in [2.45, 2.75) is 19.3 Å². The molecule has 0 aliphatic heterocycles. The van der Waals surface area contributed by atoms with Gasteiger partial charge in [-0.1, -0.05) is 0 Å². The second-order valence-electron chi connectivity index (χ2n) is 5.84. The fourth-order valence-corrected chi connectivity index (χ4v) is 3.07. The minimum absolute atomic E-state index is 0.271. The number of aromatic nitrogens is 4. The lowest BCUT2D eigenvalue weighted by atomic mass is 10.2. The molecule has 122 valence electrons. The number of fused-ring (bicyclic) bond motifs is 1. The first-order chi connectivity index (χ1) is 11.6. The minimum Gasteiger partial charge on any atom is -0.304 e. The third kappa shape index (κ3) is 2.47. The maximum Gasteiger partial charge on any atom is 0.277 e. The van der Waals surface area contributed by atoms with E-state index in [1.54, 1.807) is 40.8 Å². The quantitative estimate of drug-likeness (QED) is 0.804. The fraction of sp³-hybridized carbons (Fsp3) is 0.235. The average molecular weight is 325 g/mol. The van der Waals surface area contributed by atoms with Crippen LogP contribution in [0.4, 0.5) is 10.2 Å². The summed E-state index contributed by atoms with van der Waals surface area (Å²) in [5, 5.41) is 11.4. The molecule has 6 nitrogen and oxygen atoms in total. The number of nitrogens with one attached hydrogen (secondary N) is 1. The summed E-state index contributed by atoms with van der Waals surface area (Å²) in [6.45, 7) is 0. The van der Waals surface area contributed by atoms with Gasteiger partial charge in [0.2, 0.25) is 0 Å². The number of carbonyl (C=O) groups excluding carboxylic acids is 1. The molecule has 7 heteroatoms. The van der Waals surface area contributed by atoms with Gasteiger partial charge >= 0.3 is 0 Å². The second kappa shape index (κ2) is 5.59. The first-order valence-electron chi connectivity index (χ1n) is 7.79. The highest BCUT2D eigenvalue weighted by atomic mass is 19.1. The van der Waals surface area contributed by atoms with Crippen LogP contribution in [-0.4, -0.2) is 25.5 Å². The lowest BCUT2D eigenvalue weighted by Crippen LogP contribution is -2.15. The van der Waals surface area contributed by atoms with Crippen LogP contribution in [0.3, 0.4) is 0 Å². The van der Waals surface area contributed by atoms with Crippen molar-refractivity contribution in [1.82, 2.24) is 19.6 Å². The number of hydrogen-bond acceptors (Lipinski definition) is 3. The first-order valence-corrected chi connectivity index (χ1v) is 7.79. The highest BCUT2D eigenvalue weighted by molar-refractivity contribution is 6.03. The van der Waals surface area contributed by atoms with Gasteiger partial charge in [-0.2, -0.15) is 10.2 Å². The SMILES string of the molecule is Cn1ccc(NC(=O)c2nn(-c3ccc(F)cc3)c3c2CCC3)n1. The van der Waals surface area contributed by atoms with Gasteiger partial charge in [-0.15, -0.1) is 0 Å². The Kier molecular flexibility index (Phi) is 3.41. The molecule has 0 saturated carbocycles. The summed E-state index contributed by atoms with van der Waals surface area (Å²) in [5.41, 5.74) is 3.16. The van der Waals surface area contributed by atoms with Crippen molar-refractivity contribution in [2.24, 2.45) is 7.05 Å². The van der Waals surface area contributed by atoms with Crippen molar-refractivity contribution < 1.29 is 9.18 Å². The van der Waals surface area contributed by atoms with Crippen molar-refractivity contribution in [1.29, 1.82) is 0 Å². The monoisotopic (exact) mass is 325 g/mol. The Balaban J connectivity index is 1.70. The highest BCUT2D eigenvalue weighted by Crippen LogP contribution is 2.28. The van der Waals surface area contributed by atoms with E-state index in [-0.39, 0.29) is 11.7 Å². The van der Waals surface area contributed by atoms with Crippen molar-refractivity contribution >= 4 is 11.7 Å². The largest absolute Gasteiger partial charge is 0.304 e. The van der Waals surface area contributed by atoms with Gasteiger partial charge in [0.15, 0.2) is 11.5 Å². The summed E-state index contributed by atoms with van der Waals surface area (Å²) >= 11 is 0. The first kappa shape index (κ1) is 14.6. The Morgan fingerprint density at radius 1 is 1.17 bits per heavy atom. The van der Waals surface area contributed by atoms with Crippen molar-refractivity contribution in [2.75, 3.05) is 5.32 Å². The summed E-state index contributed by atoms with van der Waals surface area (Å²) in [4.78, 5) is 12.6. The molecule has 0 bridgehead atoms. The number of nitrogens with zero attached hydrogens (tertiary/aromatic N) is 4. The predicted molar refractivity (Wildman–Crippen MR) is 86.7 cm³/mol. The molecule has 0 saturated heterocycles. The van der Waals surface area contributed by atoms with E-state index in [9.17, 15) is 9.18 Å². The fourth-order valence-electron chi connectivity index (χ4n) is 3.07. The second-order valence-corrected chi connectivity index (χ2v) is 5.84. The molecule has 1 aliphatic carbocycles. The maximum absolute atomic E-state index is 13.2. The van der Waals surface area contributed by atoms with Gasteiger partial charge in [-0.05, 0) is 43.5 Å². The van der Waals surface area contributed by atoms with Gasteiger partial charge in [-0.3, -0.25) is 9.48 Å². The zero-order chi connectivity index (χ0) is 16.7. The van der Waals surface area contributed by atoms with Crippen molar-refractivity contribution in [3.05, 3.63) is 59.3 Å². The van der Waals surface area contributed by atoms with Crippen LogP contribution in [-0.2, 0) is 19.9 Å². The van der Waals surface area contributed by atoms with E-state index >= 15 is 0 Å². The van der Waals surface area contributed by atoms with Gasteiger partial charge in [0.1, 0.15) is 5.82 Å². The van der Waals surface area contributed by atoms with E-state index in [0.29, 0.717) is 11.5 Å². The van der Waals surface area contributed by atoms with Gasteiger partial charge < -0.3 is 5.32 Å². The Hall–Kier alpha value is -2.96. The molecule has 2 aromatic heterocycles. The molecular weight excluding hydrogens is 309 g/mol. The van der Waals surface area contributed by atoms with E-state index in [0.717, 1.165) is 36.2 Å². The Bertz CT molecular complexity index is 910. The molecule has 0 fully saturated rings. The molecule has 1 aliphatic rings. The maximum atomic E-state index is 13.2. The van der Waals surface area contributed by atoms with Crippen LogP contribution in [0.15, 0.2) is 36.5 Å². The number of hydrogen-bond donors (Lipinski definition) is 1. The molecule has 0 radical (unpaired) electrons. The summed E-state index contributed by atoms with van der Waals surface area (Å²) in [6, 6.07) is 7.86. The molecule has 1 N–H and O–H groups in total. The summed E-state index contributed by atoms with van der Waals surface area (Å²) < 4.78 is 16.5. The molecule has 3 aromatic rings. The molecule has 4 rings (SSSR count). The molecule has 1 aromatic carbocycles. The molecule has 0 spiro atoms. The van der Waals surface area contributed by atoms with Crippen LogP contribution in [0.25, 0.3) is 5.69 Å². The van der Waals surface area contributed by atoms with Gasteiger partial charge in [0.05, 0.1) is 5.69 Å². The van der Waals surface area contributed by atoms with Crippen molar-refractivity contribution in [3.63, 3.8) is 0 Å². The third-order valence-corrected chi connectivity index (χ3v) is 4.17. The number of benzene rings is 1. The van der Waals surface area contributed by atoms with Crippen LogP contribution in [0.5, 0.6) is 0 Å². The topological polar surface area (TPSA) is 64.7 Å². The van der Waals surface area contributed by atoms with Crippen LogP contribution in [0, 0.1) is 5.82 Å². The third-order valence-electron chi connectivity index (χ3n) is 4.17. The normalized spacial score (nSPS) is 13.1. The molecule has 24 heavy (non-hydrogen) atoms. The van der Waals surface area contributed by atoms with Crippen LogP contribution >= 0.6 is 0 Å². The van der Waals surface area contributed by atoms with Crippen LogP contribution in [0.1, 0.15) is 28.2 Å². The lowest BCUT2D eigenvalue weighted by molar-refractivity contribution is 0.102. The van der Waals surface area contributed by atoms with Crippen molar-refractivity contribution in [3.8, 4) is 5.69 Å². The van der Waals surface area contributed by atoms with Gasteiger partial charge in [-0.25, -0.2) is 9.07 Å². The number of halogens is 1. The average Bonchev–Trinajstić information content (AvgIpc) is 3.25. The molecular formula is C17H16FN5O. The molecule has 1 amide bonds. The molecule has 0 unspecified atom stereocenters. The standard InChI is InChI=1S/C17H16FN5O/c1-22-10-9-15(20-22)19-17(24)16-13-3-2-4-14(13)23(21-16)12-7-5-11(18)6-8-12/h5-10H,2-4H2,1H3,(H,19,20,24).